The Labute approximate surface area is 149 Å². The molecule has 0 spiro atoms. The highest BCUT2D eigenvalue weighted by molar-refractivity contribution is 14.1. The van der Waals surface area contributed by atoms with Gasteiger partial charge in [0, 0.05) is 17.9 Å². The summed E-state index contributed by atoms with van der Waals surface area (Å²) in [5.74, 6) is 0. The second kappa shape index (κ2) is 4.47. The van der Waals surface area contributed by atoms with E-state index >= 15 is 0 Å². The van der Waals surface area contributed by atoms with Crippen molar-refractivity contribution in [1.82, 2.24) is 9.46 Å². The summed E-state index contributed by atoms with van der Waals surface area (Å²) in [5.41, 5.74) is -0.664. The molecule has 0 radical (unpaired) electrons. The molecule has 0 amide bonds. The van der Waals surface area contributed by atoms with E-state index in [9.17, 15) is 20.0 Å². The maximum Gasteiger partial charge on any atom is 0.291 e. The molecule has 4 aromatic rings. The quantitative estimate of drug-likeness (QED) is 0.212. The topological polar surface area (TPSA) is 84.5 Å². The van der Waals surface area contributed by atoms with Gasteiger partial charge >= 0.3 is 0 Å². The fourth-order valence-corrected chi connectivity index (χ4v) is 4.04. The van der Waals surface area contributed by atoms with Crippen molar-refractivity contribution < 1.29 is 10.4 Å². The Morgan fingerprint density at radius 1 is 0.727 bits per heavy atom. The number of benzene rings is 2. The summed E-state index contributed by atoms with van der Waals surface area (Å²) in [6.07, 6.45) is 0. The van der Waals surface area contributed by atoms with Gasteiger partial charge in [-0.3, -0.25) is 9.59 Å². The highest BCUT2D eigenvalue weighted by atomic mass is 127. The molecular formula is C14H6I2N2O4. The molecule has 2 aromatic carbocycles. The lowest BCUT2D eigenvalue weighted by atomic mass is 10.0. The average molecular weight is 520 g/mol. The van der Waals surface area contributed by atoms with E-state index in [4.69, 9.17) is 0 Å². The lowest BCUT2D eigenvalue weighted by Gasteiger charge is -2.14. The first-order valence-electron chi connectivity index (χ1n) is 6.14. The van der Waals surface area contributed by atoms with Gasteiger partial charge in [0.05, 0.1) is 21.8 Å². The molecule has 110 valence electrons. The van der Waals surface area contributed by atoms with E-state index in [0.29, 0.717) is 27.4 Å². The molecule has 22 heavy (non-hydrogen) atoms. The third-order valence-corrected chi connectivity index (χ3v) is 4.96. The summed E-state index contributed by atoms with van der Waals surface area (Å²) in [5, 5.41) is 21.8. The predicted octanol–water partition coefficient (Wildman–Crippen LogP) is 2.59. The van der Waals surface area contributed by atoms with Crippen molar-refractivity contribution in [2.24, 2.45) is 0 Å². The first-order valence-corrected chi connectivity index (χ1v) is 8.30. The van der Waals surface area contributed by atoms with Crippen molar-refractivity contribution in [3.05, 3.63) is 52.1 Å². The number of rotatable bonds is 0. The summed E-state index contributed by atoms with van der Waals surface area (Å²) in [4.78, 5) is 24.8. The Kier molecular flexibility index (Phi) is 2.86. The molecule has 2 N–H and O–H groups in total. The molecular weight excluding hydrogens is 514 g/mol. The normalized spacial score (nSPS) is 11.9. The van der Waals surface area contributed by atoms with Crippen LogP contribution in [0.15, 0.2) is 33.9 Å². The Hall–Kier alpha value is -1.56. The minimum Gasteiger partial charge on any atom is -0.425 e. The van der Waals surface area contributed by atoms with Gasteiger partial charge in [-0.1, -0.05) is 0 Å². The van der Waals surface area contributed by atoms with Gasteiger partial charge in [-0.15, -0.1) is 9.46 Å². The number of hydrogen-bond donors (Lipinski definition) is 2. The number of nitrogens with zero attached hydrogens (tertiary/aromatic N) is 2. The second-order valence-corrected chi connectivity index (χ2v) is 7.42. The summed E-state index contributed by atoms with van der Waals surface area (Å²) < 4.78 is 2.47. The molecule has 0 unspecified atom stereocenters. The zero-order valence-electron chi connectivity index (χ0n) is 10.7. The minimum atomic E-state index is -0.585. The first-order chi connectivity index (χ1) is 10.4. The Bertz CT molecular complexity index is 1110. The molecule has 8 heteroatoms. The van der Waals surface area contributed by atoms with Gasteiger partial charge in [-0.25, -0.2) is 0 Å². The number of halogens is 2. The third-order valence-electron chi connectivity index (χ3n) is 3.72. The van der Waals surface area contributed by atoms with Crippen molar-refractivity contribution in [1.29, 1.82) is 0 Å². The van der Waals surface area contributed by atoms with Gasteiger partial charge in [0.15, 0.2) is 0 Å². The van der Waals surface area contributed by atoms with Crippen molar-refractivity contribution in [3.63, 3.8) is 0 Å². The van der Waals surface area contributed by atoms with Gasteiger partial charge in [0.2, 0.25) is 0 Å². The molecule has 0 bridgehead atoms. The van der Waals surface area contributed by atoms with Crippen LogP contribution in [0.25, 0.3) is 32.6 Å². The molecule has 0 fully saturated rings. The van der Waals surface area contributed by atoms with Crippen LogP contribution in [-0.4, -0.2) is 19.9 Å². The molecule has 0 aliphatic heterocycles. The molecule has 6 nitrogen and oxygen atoms in total. The number of aromatic nitrogens is 2. The largest absolute Gasteiger partial charge is 0.425 e. The highest BCUT2D eigenvalue weighted by Crippen LogP contribution is 2.32. The summed E-state index contributed by atoms with van der Waals surface area (Å²) in [6.45, 7) is 0. The second-order valence-electron chi connectivity index (χ2n) is 4.93. The Morgan fingerprint density at radius 2 is 1.09 bits per heavy atom. The lowest BCUT2D eigenvalue weighted by molar-refractivity contribution is 0.188. The van der Waals surface area contributed by atoms with E-state index in [1.165, 1.54) is 0 Å². The summed E-state index contributed by atoms with van der Waals surface area (Å²) in [6, 6.07) is 6.50. The van der Waals surface area contributed by atoms with Gasteiger partial charge in [0.1, 0.15) is 0 Å². The highest BCUT2D eigenvalue weighted by Gasteiger charge is 2.20. The first kappa shape index (κ1) is 14.1. The maximum atomic E-state index is 12.4. The van der Waals surface area contributed by atoms with Crippen LogP contribution in [0.4, 0.5) is 0 Å². The SMILES string of the molecule is O=c1c2cc(I)cc3c2c2c(cc(I)cc2n1O)c(=O)n3O. The van der Waals surface area contributed by atoms with Crippen LogP contribution in [0, 0.1) is 7.14 Å². The third kappa shape index (κ3) is 1.64. The van der Waals surface area contributed by atoms with E-state index < -0.39 is 11.1 Å². The molecule has 0 saturated carbocycles. The summed E-state index contributed by atoms with van der Waals surface area (Å²) in [7, 11) is 0. The van der Waals surface area contributed by atoms with Crippen LogP contribution < -0.4 is 11.1 Å². The van der Waals surface area contributed by atoms with Crippen LogP contribution in [0.5, 0.6) is 0 Å². The number of pyridine rings is 2. The van der Waals surface area contributed by atoms with E-state index in [-0.39, 0.29) is 21.8 Å². The number of hydrogen-bond acceptors (Lipinski definition) is 4. The Balaban J connectivity index is 2.59. The van der Waals surface area contributed by atoms with Gasteiger partial charge in [0.25, 0.3) is 11.1 Å². The van der Waals surface area contributed by atoms with Crippen molar-refractivity contribution >= 4 is 77.8 Å². The lowest BCUT2D eigenvalue weighted by Crippen LogP contribution is -2.24. The van der Waals surface area contributed by atoms with Gasteiger partial charge in [-0.2, -0.15) is 0 Å². The molecule has 0 aliphatic carbocycles. The molecule has 0 aliphatic rings. The smallest absolute Gasteiger partial charge is 0.291 e. The van der Waals surface area contributed by atoms with E-state index in [1.807, 2.05) is 45.2 Å². The predicted molar refractivity (Wildman–Crippen MR) is 98.5 cm³/mol. The molecule has 2 aromatic heterocycles. The van der Waals surface area contributed by atoms with Crippen molar-refractivity contribution in [2.75, 3.05) is 0 Å². The average Bonchev–Trinajstić information content (AvgIpc) is 2.48. The maximum absolute atomic E-state index is 12.4. The fourth-order valence-electron chi connectivity index (χ4n) is 2.83. The van der Waals surface area contributed by atoms with Crippen LogP contribution >= 0.6 is 45.2 Å². The fraction of sp³-hybridized carbons (Fsp3) is 0. The van der Waals surface area contributed by atoms with E-state index in [2.05, 4.69) is 0 Å². The van der Waals surface area contributed by atoms with Gasteiger partial charge < -0.3 is 10.4 Å². The molecule has 0 saturated heterocycles. The van der Waals surface area contributed by atoms with Crippen LogP contribution in [0.1, 0.15) is 0 Å². The van der Waals surface area contributed by atoms with E-state index in [1.54, 1.807) is 24.3 Å². The Morgan fingerprint density at radius 3 is 1.45 bits per heavy atom. The van der Waals surface area contributed by atoms with Gasteiger partial charge in [-0.05, 0) is 69.4 Å². The summed E-state index contributed by atoms with van der Waals surface area (Å²) >= 11 is 3.98. The van der Waals surface area contributed by atoms with Crippen LogP contribution in [-0.2, 0) is 0 Å². The van der Waals surface area contributed by atoms with Crippen LogP contribution in [0.2, 0.25) is 0 Å². The molecule has 0 atom stereocenters. The minimum absolute atomic E-state index is 0.253. The van der Waals surface area contributed by atoms with Crippen LogP contribution in [0.3, 0.4) is 0 Å². The molecule has 2 heterocycles. The van der Waals surface area contributed by atoms with E-state index in [0.717, 1.165) is 0 Å². The zero-order valence-corrected chi connectivity index (χ0v) is 15.0. The molecule has 4 rings (SSSR count). The monoisotopic (exact) mass is 520 g/mol. The standard InChI is InChI=1S/C14H6I2N2O4/c15-5-1-7-11-9(3-5)18(22)14(20)8-2-6(16)4-10(12(8)11)17(21)13(7)19/h1-4,21-22H. The zero-order chi connectivity index (χ0) is 15.8. The van der Waals surface area contributed by atoms with Crippen molar-refractivity contribution in [3.8, 4) is 0 Å². The van der Waals surface area contributed by atoms with Crippen molar-refractivity contribution in [2.45, 2.75) is 0 Å².